The SMILES string of the molecule is CN=C(NCC1CCCN1C)N1CCN(c2ccccc2F)CC1. The smallest absolute Gasteiger partial charge is 0.193 e. The first kappa shape index (κ1) is 17.0. The van der Waals surface area contributed by atoms with Gasteiger partial charge in [0.25, 0.3) is 0 Å². The number of aliphatic imine (C=N–C) groups is 1. The highest BCUT2D eigenvalue weighted by Gasteiger charge is 2.24. The molecule has 2 aliphatic heterocycles. The molecule has 0 saturated carbocycles. The van der Waals surface area contributed by atoms with Crippen LogP contribution in [0.1, 0.15) is 12.8 Å². The molecule has 1 aromatic carbocycles. The number of benzene rings is 1. The maximum atomic E-state index is 13.9. The van der Waals surface area contributed by atoms with Crippen LogP contribution in [0.2, 0.25) is 0 Å². The summed E-state index contributed by atoms with van der Waals surface area (Å²) in [7, 11) is 4.03. The molecule has 2 saturated heterocycles. The lowest BCUT2D eigenvalue weighted by Crippen LogP contribution is -2.54. The number of piperazine rings is 1. The van der Waals surface area contributed by atoms with Crippen molar-refractivity contribution in [1.29, 1.82) is 0 Å². The van der Waals surface area contributed by atoms with Crippen molar-refractivity contribution in [3.05, 3.63) is 30.1 Å². The Kier molecular flexibility index (Phi) is 5.56. The maximum absolute atomic E-state index is 13.9. The van der Waals surface area contributed by atoms with Crippen LogP contribution in [-0.4, -0.2) is 75.2 Å². The van der Waals surface area contributed by atoms with E-state index in [0.29, 0.717) is 11.7 Å². The van der Waals surface area contributed by atoms with E-state index in [0.717, 1.165) is 38.7 Å². The molecule has 3 rings (SSSR count). The Morgan fingerprint density at radius 2 is 1.96 bits per heavy atom. The zero-order valence-electron chi connectivity index (χ0n) is 14.7. The average Bonchev–Trinajstić information content (AvgIpc) is 3.02. The summed E-state index contributed by atoms with van der Waals surface area (Å²) in [6.45, 7) is 5.46. The van der Waals surface area contributed by atoms with Crippen molar-refractivity contribution in [2.45, 2.75) is 18.9 Å². The summed E-state index contributed by atoms with van der Waals surface area (Å²) >= 11 is 0. The molecule has 0 bridgehead atoms. The molecule has 2 heterocycles. The van der Waals surface area contributed by atoms with Gasteiger partial charge in [-0.15, -0.1) is 0 Å². The lowest BCUT2D eigenvalue weighted by atomic mass is 10.2. The minimum atomic E-state index is -0.141. The van der Waals surface area contributed by atoms with Gasteiger partial charge < -0.3 is 20.0 Å². The molecule has 1 aromatic rings. The van der Waals surface area contributed by atoms with E-state index in [1.165, 1.54) is 25.5 Å². The van der Waals surface area contributed by atoms with Crippen molar-refractivity contribution in [1.82, 2.24) is 15.1 Å². The van der Waals surface area contributed by atoms with Gasteiger partial charge >= 0.3 is 0 Å². The van der Waals surface area contributed by atoms with E-state index in [-0.39, 0.29) is 5.82 Å². The maximum Gasteiger partial charge on any atom is 0.193 e. The van der Waals surface area contributed by atoms with Gasteiger partial charge in [0.2, 0.25) is 0 Å². The number of likely N-dealkylation sites (N-methyl/N-ethyl adjacent to an activating group) is 1. The molecule has 1 unspecified atom stereocenters. The summed E-state index contributed by atoms with van der Waals surface area (Å²) < 4.78 is 13.9. The normalized spacial score (nSPS) is 23.0. The summed E-state index contributed by atoms with van der Waals surface area (Å²) in [4.78, 5) is 11.2. The van der Waals surface area contributed by atoms with Gasteiger partial charge in [0, 0.05) is 45.8 Å². The van der Waals surface area contributed by atoms with Gasteiger partial charge in [-0.3, -0.25) is 4.99 Å². The van der Waals surface area contributed by atoms with Crippen LogP contribution in [0.4, 0.5) is 10.1 Å². The van der Waals surface area contributed by atoms with E-state index in [9.17, 15) is 4.39 Å². The predicted octanol–water partition coefficient (Wildman–Crippen LogP) is 1.62. The van der Waals surface area contributed by atoms with E-state index >= 15 is 0 Å². The average molecular weight is 333 g/mol. The van der Waals surface area contributed by atoms with Gasteiger partial charge in [-0.05, 0) is 38.6 Å². The van der Waals surface area contributed by atoms with Crippen LogP contribution < -0.4 is 10.2 Å². The number of likely N-dealkylation sites (tertiary alicyclic amines) is 1. The van der Waals surface area contributed by atoms with Gasteiger partial charge in [0.05, 0.1) is 5.69 Å². The zero-order chi connectivity index (χ0) is 16.9. The molecule has 6 heteroatoms. The fourth-order valence-corrected chi connectivity index (χ4v) is 3.65. The Hall–Kier alpha value is -1.82. The molecule has 2 fully saturated rings. The Bertz CT molecular complexity index is 568. The number of para-hydroxylation sites is 1. The van der Waals surface area contributed by atoms with Crippen molar-refractivity contribution in [3.63, 3.8) is 0 Å². The zero-order valence-corrected chi connectivity index (χ0v) is 14.7. The quantitative estimate of drug-likeness (QED) is 0.673. The lowest BCUT2D eigenvalue weighted by Gasteiger charge is -2.38. The van der Waals surface area contributed by atoms with Crippen LogP contribution >= 0.6 is 0 Å². The van der Waals surface area contributed by atoms with Crippen molar-refractivity contribution >= 4 is 11.6 Å². The summed E-state index contributed by atoms with van der Waals surface area (Å²) in [6, 6.07) is 7.61. The number of hydrogen-bond donors (Lipinski definition) is 1. The molecule has 0 radical (unpaired) electrons. The van der Waals surface area contributed by atoms with Gasteiger partial charge in [0.1, 0.15) is 5.82 Å². The molecule has 0 amide bonds. The number of rotatable bonds is 3. The van der Waals surface area contributed by atoms with Crippen LogP contribution in [0.5, 0.6) is 0 Å². The molecular weight excluding hydrogens is 305 g/mol. The van der Waals surface area contributed by atoms with E-state index < -0.39 is 0 Å². The standard InChI is InChI=1S/C18H28FN5/c1-20-18(21-14-15-6-5-9-22(15)2)24-12-10-23(11-13-24)17-8-4-3-7-16(17)19/h3-4,7-8,15H,5-6,9-14H2,1-2H3,(H,20,21). The van der Waals surface area contributed by atoms with Crippen LogP contribution in [0, 0.1) is 5.82 Å². The second kappa shape index (κ2) is 7.83. The number of halogens is 1. The first-order valence-electron chi connectivity index (χ1n) is 8.84. The number of nitrogens with zero attached hydrogens (tertiary/aromatic N) is 4. The minimum Gasteiger partial charge on any atom is -0.366 e. The molecular formula is C18H28FN5. The molecule has 1 N–H and O–H groups in total. The highest BCUT2D eigenvalue weighted by molar-refractivity contribution is 5.80. The topological polar surface area (TPSA) is 34.1 Å². The highest BCUT2D eigenvalue weighted by atomic mass is 19.1. The van der Waals surface area contributed by atoms with Crippen LogP contribution in [-0.2, 0) is 0 Å². The predicted molar refractivity (Wildman–Crippen MR) is 97.2 cm³/mol. The van der Waals surface area contributed by atoms with Crippen molar-refractivity contribution in [3.8, 4) is 0 Å². The summed E-state index contributed by atoms with van der Waals surface area (Å²) in [5.41, 5.74) is 0.702. The number of nitrogens with one attached hydrogen (secondary N) is 1. The van der Waals surface area contributed by atoms with E-state index in [1.807, 2.05) is 19.2 Å². The van der Waals surface area contributed by atoms with E-state index in [4.69, 9.17) is 0 Å². The van der Waals surface area contributed by atoms with Crippen molar-refractivity contribution in [2.75, 3.05) is 58.3 Å². The van der Waals surface area contributed by atoms with Crippen LogP contribution in [0.3, 0.4) is 0 Å². The van der Waals surface area contributed by atoms with Gasteiger partial charge in [-0.25, -0.2) is 4.39 Å². The van der Waals surface area contributed by atoms with Crippen LogP contribution in [0.15, 0.2) is 29.3 Å². The monoisotopic (exact) mass is 333 g/mol. The first-order valence-corrected chi connectivity index (χ1v) is 8.84. The number of guanidine groups is 1. The Labute approximate surface area is 144 Å². The number of anilines is 1. The molecule has 5 nitrogen and oxygen atoms in total. The van der Waals surface area contributed by atoms with Gasteiger partial charge in [0.15, 0.2) is 5.96 Å². The summed E-state index contributed by atoms with van der Waals surface area (Å²) in [6.07, 6.45) is 2.53. The van der Waals surface area contributed by atoms with Crippen LogP contribution in [0.25, 0.3) is 0 Å². The first-order chi connectivity index (χ1) is 11.7. The van der Waals surface area contributed by atoms with E-state index in [2.05, 4.69) is 32.1 Å². The Balaban J connectivity index is 1.52. The summed E-state index contributed by atoms with van der Waals surface area (Å²) in [5.74, 6) is 0.821. The molecule has 24 heavy (non-hydrogen) atoms. The third-order valence-corrected chi connectivity index (χ3v) is 5.15. The number of hydrogen-bond acceptors (Lipinski definition) is 3. The van der Waals surface area contributed by atoms with E-state index in [1.54, 1.807) is 6.07 Å². The van der Waals surface area contributed by atoms with Crippen molar-refractivity contribution < 1.29 is 4.39 Å². The second-order valence-corrected chi connectivity index (χ2v) is 6.63. The summed E-state index contributed by atoms with van der Waals surface area (Å²) in [5, 5.41) is 3.52. The fraction of sp³-hybridized carbons (Fsp3) is 0.611. The molecule has 0 spiro atoms. The Morgan fingerprint density at radius 1 is 1.21 bits per heavy atom. The molecule has 0 aromatic heterocycles. The van der Waals surface area contributed by atoms with Crippen molar-refractivity contribution in [2.24, 2.45) is 4.99 Å². The molecule has 132 valence electrons. The highest BCUT2D eigenvalue weighted by Crippen LogP contribution is 2.20. The third-order valence-electron chi connectivity index (χ3n) is 5.15. The minimum absolute atomic E-state index is 0.141. The Morgan fingerprint density at radius 3 is 2.58 bits per heavy atom. The molecule has 0 aliphatic carbocycles. The molecule has 2 aliphatic rings. The third kappa shape index (κ3) is 3.80. The van der Waals surface area contributed by atoms with Gasteiger partial charge in [-0.1, -0.05) is 12.1 Å². The molecule has 1 atom stereocenters. The largest absolute Gasteiger partial charge is 0.366 e. The van der Waals surface area contributed by atoms with Gasteiger partial charge in [-0.2, -0.15) is 0 Å². The lowest BCUT2D eigenvalue weighted by molar-refractivity contribution is 0.303. The fourth-order valence-electron chi connectivity index (χ4n) is 3.65. The second-order valence-electron chi connectivity index (χ2n) is 6.63.